The molecule has 1 aromatic carbocycles. The van der Waals surface area contributed by atoms with Crippen molar-refractivity contribution in [2.24, 2.45) is 9.26 Å². The third-order valence-electron chi connectivity index (χ3n) is 6.92. The van der Waals surface area contributed by atoms with Gasteiger partial charge < -0.3 is 0 Å². The van der Waals surface area contributed by atoms with Gasteiger partial charge in [0.05, 0.1) is 6.54 Å². The van der Waals surface area contributed by atoms with Crippen molar-refractivity contribution in [1.82, 2.24) is 23.4 Å². The SMILES string of the molecule is CN(C)P(=NCc1ccc(C2CCCCCCC2)cc1)(N=P(N(C)C)(N(C)C)N(C)C)N(C)C. The van der Waals surface area contributed by atoms with Crippen LogP contribution in [-0.2, 0) is 6.54 Å². The van der Waals surface area contributed by atoms with Crippen LogP contribution < -0.4 is 0 Å². The highest BCUT2D eigenvalue weighted by molar-refractivity contribution is 7.71. The van der Waals surface area contributed by atoms with Crippen molar-refractivity contribution >= 4 is 15.0 Å². The van der Waals surface area contributed by atoms with Crippen LogP contribution in [0.3, 0.4) is 0 Å². The predicted molar refractivity (Wildman–Crippen MR) is 152 cm³/mol. The summed E-state index contributed by atoms with van der Waals surface area (Å²) in [6.07, 6.45) is 9.63. The summed E-state index contributed by atoms with van der Waals surface area (Å²) in [6, 6.07) is 9.31. The maximum Gasteiger partial charge on any atom is 0.213 e. The standard InChI is InChI=1S/C25H51N7P2/c1-28(2)33(29(3)4,27-34(30(5)6,31(7)8)32(9)10)26-22-23-18-20-25(21-19-23)24-16-14-12-11-13-15-17-24/h18-21,24H,11-17,22H2,1-10H3. The summed E-state index contributed by atoms with van der Waals surface area (Å²) in [4.78, 5) is 0. The largest absolute Gasteiger partial charge is 0.252 e. The van der Waals surface area contributed by atoms with Crippen molar-refractivity contribution in [2.75, 3.05) is 70.5 Å². The van der Waals surface area contributed by atoms with Crippen LogP contribution in [0.5, 0.6) is 0 Å². The molecular formula is C25H51N7P2. The molecule has 1 aliphatic rings. The molecule has 0 aliphatic heterocycles. The van der Waals surface area contributed by atoms with Crippen LogP contribution in [0.2, 0.25) is 0 Å². The van der Waals surface area contributed by atoms with Gasteiger partial charge in [0.1, 0.15) is 0 Å². The highest BCUT2D eigenvalue weighted by atomic mass is 31.2. The predicted octanol–water partition coefficient (Wildman–Crippen LogP) is 6.71. The average Bonchev–Trinajstić information content (AvgIpc) is 2.73. The molecule has 1 fully saturated rings. The second-order valence-electron chi connectivity index (χ2n) is 10.5. The van der Waals surface area contributed by atoms with E-state index in [1.807, 2.05) is 0 Å². The van der Waals surface area contributed by atoms with Gasteiger partial charge in [-0.2, -0.15) is 4.52 Å². The summed E-state index contributed by atoms with van der Waals surface area (Å²) in [5.74, 6) is 0.724. The second kappa shape index (κ2) is 13.1. The van der Waals surface area contributed by atoms with E-state index < -0.39 is 15.0 Å². The number of hydrogen-bond acceptors (Lipinski definition) is 1. The number of nitrogens with zero attached hydrogens (tertiary/aromatic N) is 7. The van der Waals surface area contributed by atoms with Crippen molar-refractivity contribution in [3.63, 3.8) is 0 Å². The van der Waals surface area contributed by atoms with Gasteiger partial charge >= 0.3 is 0 Å². The summed E-state index contributed by atoms with van der Waals surface area (Å²) in [6.45, 7) is 0.673. The molecule has 0 saturated heterocycles. The van der Waals surface area contributed by atoms with E-state index in [2.05, 4.69) is 118 Å². The molecule has 0 spiro atoms. The van der Waals surface area contributed by atoms with E-state index in [0.29, 0.717) is 6.54 Å². The fourth-order valence-corrected chi connectivity index (χ4v) is 13.6. The molecule has 0 aromatic heterocycles. The lowest BCUT2D eigenvalue weighted by molar-refractivity contribution is 0.455. The van der Waals surface area contributed by atoms with Gasteiger partial charge in [-0.25, -0.2) is 14.1 Å². The van der Waals surface area contributed by atoms with E-state index in [9.17, 15) is 0 Å². The molecule has 1 aromatic rings. The van der Waals surface area contributed by atoms with E-state index in [1.54, 1.807) is 0 Å². The minimum atomic E-state index is -2.30. The lowest BCUT2D eigenvalue weighted by Gasteiger charge is -2.44. The summed E-state index contributed by atoms with van der Waals surface area (Å²) < 4.78 is 22.3. The Kier molecular flexibility index (Phi) is 11.5. The minimum absolute atomic E-state index is 0.673. The maximum atomic E-state index is 5.65. The Labute approximate surface area is 210 Å². The van der Waals surface area contributed by atoms with Gasteiger partial charge in [0.15, 0.2) is 7.51 Å². The van der Waals surface area contributed by atoms with Crippen LogP contribution in [0.15, 0.2) is 33.5 Å². The molecule has 0 radical (unpaired) electrons. The molecule has 2 rings (SSSR count). The summed E-state index contributed by atoms with van der Waals surface area (Å²) in [5.41, 5.74) is 2.77. The average molecular weight is 512 g/mol. The molecule has 1 saturated carbocycles. The first kappa shape index (κ1) is 29.7. The van der Waals surface area contributed by atoms with Gasteiger partial charge in [-0.1, -0.05) is 56.4 Å². The van der Waals surface area contributed by atoms with Gasteiger partial charge in [0, 0.05) is 0 Å². The van der Waals surface area contributed by atoms with Crippen LogP contribution in [0.4, 0.5) is 0 Å². The quantitative estimate of drug-likeness (QED) is 0.345. The maximum absolute atomic E-state index is 5.65. The Bertz CT molecular complexity index is 812. The Morgan fingerprint density at radius 3 is 1.50 bits per heavy atom. The molecule has 0 amide bonds. The molecule has 1 aliphatic carbocycles. The smallest absolute Gasteiger partial charge is 0.213 e. The molecule has 0 bridgehead atoms. The fourth-order valence-electron chi connectivity index (χ4n) is 5.13. The molecule has 0 atom stereocenters. The molecule has 0 N–H and O–H groups in total. The van der Waals surface area contributed by atoms with Gasteiger partial charge in [0.2, 0.25) is 7.51 Å². The number of rotatable bonds is 9. The van der Waals surface area contributed by atoms with Gasteiger partial charge in [-0.15, -0.1) is 0 Å². The van der Waals surface area contributed by atoms with Crippen LogP contribution in [0, 0.1) is 0 Å². The van der Waals surface area contributed by atoms with Crippen molar-refractivity contribution < 1.29 is 0 Å². The van der Waals surface area contributed by atoms with Crippen LogP contribution in [-0.4, -0.2) is 93.8 Å². The fraction of sp³-hybridized carbons (Fsp3) is 0.760. The zero-order valence-electron chi connectivity index (χ0n) is 23.6. The Balaban J connectivity index is 2.46. The Morgan fingerprint density at radius 2 is 1.09 bits per heavy atom. The minimum Gasteiger partial charge on any atom is -0.252 e. The molecule has 0 heterocycles. The van der Waals surface area contributed by atoms with Crippen molar-refractivity contribution in [3.8, 4) is 0 Å². The normalized spacial score (nSPS) is 17.0. The molecule has 34 heavy (non-hydrogen) atoms. The molecule has 0 unspecified atom stereocenters. The summed E-state index contributed by atoms with van der Waals surface area (Å²) in [7, 11) is 16.9. The van der Waals surface area contributed by atoms with Crippen LogP contribution in [0.25, 0.3) is 0 Å². The van der Waals surface area contributed by atoms with E-state index in [4.69, 9.17) is 9.26 Å². The highest BCUT2D eigenvalue weighted by Gasteiger charge is 2.35. The van der Waals surface area contributed by atoms with Crippen molar-refractivity contribution in [2.45, 2.75) is 57.4 Å². The lowest BCUT2D eigenvalue weighted by atomic mass is 9.86. The van der Waals surface area contributed by atoms with Gasteiger partial charge in [-0.3, -0.25) is 14.0 Å². The highest BCUT2D eigenvalue weighted by Crippen LogP contribution is 2.68. The molecule has 7 nitrogen and oxygen atoms in total. The first-order chi connectivity index (χ1) is 16.0. The molecular weight excluding hydrogens is 460 g/mol. The second-order valence-corrected chi connectivity index (χ2v) is 17.6. The van der Waals surface area contributed by atoms with Gasteiger partial charge in [-0.05, 0) is 100 Å². The van der Waals surface area contributed by atoms with E-state index >= 15 is 0 Å². The monoisotopic (exact) mass is 511 g/mol. The summed E-state index contributed by atoms with van der Waals surface area (Å²) in [5, 5.41) is 0. The topological polar surface area (TPSA) is 40.9 Å². The first-order valence-corrected chi connectivity index (χ1v) is 15.9. The summed E-state index contributed by atoms with van der Waals surface area (Å²) >= 11 is 0. The van der Waals surface area contributed by atoms with E-state index in [0.717, 1.165) is 5.92 Å². The van der Waals surface area contributed by atoms with Crippen molar-refractivity contribution in [1.29, 1.82) is 0 Å². The molecule has 196 valence electrons. The van der Waals surface area contributed by atoms with E-state index in [-0.39, 0.29) is 0 Å². The number of hydrogen-bond donors (Lipinski definition) is 0. The third kappa shape index (κ3) is 6.82. The molecule has 9 heteroatoms. The number of benzene rings is 1. The van der Waals surface area contributed by atoms with E-state index in [1.165, 1.54) is 56.1 Å². The van der Waals surface area contributed by atoms with Crippen LogP contribution >= 0.6 is 15.0 Å². The zero-order chi connectivity index (χ0) is 25.5. The Morgan fingerprint density at radius 1 is 0.647 bits per heavy atom. The van der Waals surface area contributed by atoms with Crippen molar-refractivity contribution in [3.05, 3.63) is 35.4 Å². The Hall–Kier alpha value is -0.520. The zero-order valence-corrected chi connectivity index (χ0v) is 25.4. The lowest BCUT2D eigenvalue weighted by Crippen LogP contribution is -2.32. The third-order valence-corrected chi connectivity index (χ3v) is 14.7. The van der Waals surface area contributed by atoms with Crippen LogP contribution in [0.1, 0.15) is 62.0 Å². The van der Waals surface area contributed by atoms with Gasteiger partial charge in [0.25, 0.3) is 0 Å². The first-order valence-electron chi connectivity index (χ1n) is 12.7.